The third kappa shape index (κ3) is 4.89. The number of halogens is 1. The van der Waals surface area contributed by atoms with Gasteiger partial charge in [0.1, 0.15) is 5.75 Å². The van der Waals surface area contributed by atoms with E-state index in [1.807, 2.05) is 37.3 Å². The molecule has 5 nitrogen and oxygen atoms in total. The molecule has 0 atom stereocenters. The van der Waals surface area contributed by atoms with Gasteiger partial charge in [0.15, 0.2) is 18.1 Å². The highest BCUT2D eigenvalue weighted by atomic mass is 79.9. The fraction of sp³-hybridized carbons (Fsp3) is 0.278. The number of benzene rings is 2. The second-order valence-electron chi connectivity index (χ2n) is 5.19. The summed E-state index contributed by atoms with van der Waals surface area (Å²) in [6.45, 7) is 2.33. The van der Waals surface area contributed by atoms with Crippen molar-refractivity contribution in [2.24, 2.45) is 0 Å². The van der Waals surface area contributed by atoms with E-state index in [4.69, 9.17) is 14.2 Å². The van der Waals surface area contributed by atoms with Gasteiger partial charge in [-0.3, -0.25) is 4.79 Å². The van der Waals surface area contributed by atoms with Crippen LogP contribution in [0.25, 0.3) is 0 Å². The number of rotatable bonds is 7. The molecule has 0 aliphatic rings. The predicted octanol–water partition coefficient (Wildman–Crippen LogP) is 3.47. The largest absolute Gasteiger partial charge is 0.493 e. The molecule has 1 amide bonds. The summed E-state index contributed by atoms with van der Waals surface area (Å²) in [6, 6.07) is 11.2. The molecule has 24 heavy (non-hydrogen) atoms. The minimum atomic E-state index is -0.197. The Bertz CT molecular complexity index is 718. The van der Waals surface area contributed by atoms with Crippen LogP contribution in [0.4, 0.5) is 0 Å². The van der Waals surface area contributed by atoms with Crippen LogP contribution in [-0.4, -0.2) is 26.7 Å². The highest BCUT2D eigenvalue weighted by molar-refractivity contribution is 9.10. The zero-order valence-electron chi connectivity index (χ0n) is 13.9. The average molecular weight is 394 g/mol. The zero-order valence-corrected chi connectivity index (χ0v) is 15.5. The predicted molar refractivity (Wildman–Crippen MR) is 95.8 cm³/mol. The van der Waals surface area contributed by atoms with Gasteiger partial charge in [0, 0.05) is 6.54 Å². The lowest BCUT2D eigenvalue weighted by Gasteiger charge is -2.11. The van der Waals surface area contributed by atoms with Gasteiger partial charge in [-0.25, -0.2) is 0 Å². The van der Waals surface area contributed by atoms with Crippen LogP contribution in [0.1, 0.15) is 11.1 Å². The standard InChI is InChI=1S/C18H20BrNO4/c1-12-4-6-15(14(19)8-12)24-11-18(21)20-10-13-5-7-16(22-2)17(9-13)23-3/h4-9H,10-11H2,1-3H3,(H,20,21). The Kier molecular flexibility index (Phi) is 6.49. The summed E-state index contributed by atoms with van der Waals surface area (Å²) >= 11 is 3.42. The number of methoxy groups -OCH3 is 2. The van der Waals surface area contributed by atoms with E-state index >= 15 is 0 Å². The third-order valence-corrected chi connectivity index (χ3v) is 4.00. The molecule has 128 valence electrons. The molecule has 0 aliphatic heterocycles. The average Bonchev–Trinajstić information content (AvgIpc) is 2.58. The lowest BCUT2D eigenvalue weighted by molar-refractivity contribution is -0.123. The van der Waals surface area contributed by atoms with E-state index in [1.165, 1.54) is 0 Å². The van der Waals surface area contributed by atoms with Gasteiger partial charge in [0.25, 0.3) is 5.91 Å². The molecule has 0 unspecified atom stereocenters. The molecule has 2 aromatic carbocycles. The van der Waals surface area contributed by atoms with Crippen molar-refractivity contribution in [2.75, 3.05) is 20.8 Å². The lowest BCUT2D eigenvalue weighted by Crippen LogP contribution is -2.28. The Morgan fingerprint density at radius 2 is 1.75 bits per heavy atom. The number of carbonyl (C=O) groups is 1. The Balaban J connectivity index is 1.87. The summed E-state index contributed by atoms with van der Waals surface area (Å²) in [5.41, 5.74) is 2.03. The van der Waals surface area contributed by atoms with E-state index < -0.39 is 0 Å². The quantitative estimate of drug-likeness (QED) is 0.782. The van der Waals surface area contributed by atoms with Gasteiger partial charge in [-0.05, 0) is 58.2 Å². The summed E-state index contributed by atoms with van der Waals surface area (Å²) in [5, 5.41) is 2.81. The van der Waals surface area contributed by atoms with Crippen LogP contribution in [0, 0.1) is 6.92 Å². The maximum absolute atomic E-state index is 11.9. The zero-order chi connectivity index (χ0) is 17.5. The molecule has 0 heterocycles. The summed E-state index contributed by atoms with van der Waals surface area (Å²) < 4.78 is 16.8. The van der Waals surface area contributed by atoms with E-state index in [2.05, 4.69) is 21.2 Å². The molecular weight excluding hydrogens is 374 g/mol. The smallest absolute Gasteiger partial charge is 0.258 e. The van der Waals surface area contributed by atoms with E-state index in [9.17, 15) is 4.79 Å². The molecule has 0 bridgehead atoms. The van der Waals surface area contributed by atoms with Crippen molar-refractivity contribution in [1.29, 1.82) is 0 Å². The molecule has 1 N–H and O–H groups in total. The second-order valence-corrected chi connectivity index (χ2v) is 6.04. The second kappa shape index (κ2) is 8.59. The van der Waals surface area contributed by atoms with Gasteiger partial charge < -0.3 is 19.5 Å². The maximum Gasteiger partial charge on any atom is 0.258 e. The van der Waals surface area contributed by atoms with Crippen molar-refractivity contribution in [2.45, 2.75) is 13.5 Å². The number of ether oxygens (including phenoxy) is 3. The maximum atomic E-state index is 11.9. The van der Waals surface area contributed by atoms with Crippen LogP contribution in [0.15, 0.2) is 40.9 Å². The van der Waals surface area contributed by atoms with Gasteiger partial charge in [0.2, 0.25) is 0 Å². The Morgan fingerprint density at radius 3 is 2.42 bits per heavy atom. The highest BCUT2D eigenvalue weighted by Crippen LogP contribution is 2.27. The molecule has 0 spiro atoms. The van der Waals surface area contributed by atoms with Gasteiger partial charge >= 0.3 is 0 Å². The van der Waals surface area contributed by atoms with Crippen molar-refractivity contribution in [1.82, 2.24) is 5.32 Å². The van der Waals surface area contributed by atoms with Gasteiger partial charge in [-0.2, -0.15) is 0 Å². The van der Waals surface area contributed by atoms with Crippen LogP contribution < -0.4 is 19.5 Å². The van der Waals surface area contributed by atoms with Crippen LogP contribution in [0.5, 0.6) is 17.2 Å². The first-order chi connectivity index (χ1) is 11.5. The molecule has 0 fully saturated rings. The number of carbonyl (C=O) groups excluding carboxylic acids is 1. The highest BCUT2D eigenvalue weighted by Gasteiger charge is 2.08. The minimum absolute atomic E-state index is 0.0467. The molecule has 0 aliphatic carbocycles. The Labute approximate surface area is 150 Å². The molecule has 2 aromatic rings. The van der Waals surface area contributed by atoms with Gasteiger partial charge in [-0.1, -0.05) is 12.1 Å². The molecule has 0 saturated heterocycles. The Hall–Kier alpha value is -2.21. The third-order valence-electron chi connectivity index (χ3n) is 3.38. The SMILES string of the molecule is COc1ccc(CNC(=O)COc2ccc(C)cc2Br)cc1OC. The van der Waals surface area contributed by atoms with Crippen molar-refractivity contribution in [3.63, 3.8) is 0 Å². The van der Waals surface area contributed by atoms with E-state index in [-0.39, 0.29) is 12.5 Å². The summed E-state index contributed by atoms with van der Waals surface area (Å²) in [5.74, 6) is 1.73. The molecule has 2 rings (SSSR count). The summed E-state index contributed by atoms with van der Waals surface area (Å²) in [4.78, 5) is 11.9. The molecule has 0 radical (unpaired) electrons. The molecule has 0 saturated carbocycles. The summed E-state index contributed by atoms with van der Waals surface area (Å²) in [6.07, 6.45) is 0. The lowest BCUT2D eigenvalue weighted by atomic mass is 10.2. The number of aryl methyl sites for hydroxylation is 1. The van der Waals surface area contributed by atoms with E-state index in [0.29, 0.717) is 23.8 Å². The number of hydrogen-bond donors (Lipinski definition) is 1. The van der Waals surface area contributed by atoms with Crippen molar-refractivity contribution >= 4 is 21.8 Å². The topological polar surface area (TPSA) is 56.8 Å². The number of amides is 1. The van der Waals surface area contributed by atoms with Crippen LogP contribution in [-0.2, 0) is 11.3 Å². The first-order valence-corrected chi connectivity index (χ1v) is 8.19. The van der Waals surface area contributed by atoms with E-state index in [0.717, 1.165) is 15.6 Å². The van der Waals surface area contributed by atoms with Gasteiger partial charge in [-0.15, -0.1) is 0 Å². The van der Waals surface area contributed by atoms with Crippen LogP contribution in [0.2, 0.25) is 0 Å². The fourth-order valence-corrected chi connectivity index (χ4v) is 2.72. The molecule has 0 aromatic heterocycles. The molecule has 6 heteroatoms. The summed E-state index contributed by atoms with van der Waals surface area (Å²) in [7, 11) is 3.16. The first kappa shape index (κ1) is 18.1. The van der Waals surface area contributed by atoms with Gasteiger partial charge in [0.05, 0.1) is 18.7 Å². The normalized spacial score (nSPS) is 10.2. The first-order valence-electron chi connectivity index (χ1n) is 7.40. The van der Waals surface area contributed by atoms with Crippen molar-refractivity contribution in [3.8, 4) is 17.2 Å². The number of nitrogens with one attached hydrogen (secondary N) is 1. The van der Waals surface area contributed by atoms with Crippen LogP contribution in [0.3, 0.4) is 0 Å². The monoisotopic (exact) mass is 393 g/mol. The minimum Gasteiger partial charge on any atom is -0.493 e. The Morgan fingerprint density at radius 1 is 1.04 bits per heavy atom. The van der Waals surface area contributed by atoms with Crippen molar-refractivity contribution in [3.05, 3.63) is 52.0 Å². The van der Waals surface area contributed by atoms with Crippen molar-refractivity contribution < 1.29 is 19.0 Å². The molecular formula is C18H20BrNO4. The van der Waals surface area contributed by atoms with Crippen LogP contribution >= 0.6 is 15.9 Å². The fourth-order valence-electron chi connectivity index (χ4n) is 2.11. The number of hydrogen-bond acceptors (Lipinski definition) is 4. The van der Waals surface area contributed by atoms with E-state index in [1.54, 1.807) is 20.3 Å².